The normalized spacial score (nSPS) is 11.3. The summed E-state index contributed by atoms with van der Waals surface area (Å²) in [5.41, 5.74) is 0.937. The van der Waals surface area contributed by atoms with Crippen molar-refractivity contribution in [3.8, 4) is 0 Å². The molecular weight excluding hydrogens is 284 g/mol. The van der Waals surface area contributed by atoms with Gasteiger partial charge in [0.1, 0.15) is 5.60 Å². The second-order valence-electron chi connectivity index (χ2n) is 5.52. The van der Waals surface area contributed by atoms with Gasteiger partial charge in [0.2, 0.25) is 0 Å². The summed E-state index contributed by atoms with van der Waals surface area (Å²) in [5, 5.41) is 2.63. The Balaban J connectivity index is 2.48. The molecular formula is C16H22N2O4. The summed E-state index contributed by atoms with van der Waals surface area (Å²) in [7, 11) is 0. The number of amides is 1. The Kier molecular flexibility index (Phi) is 6.56. The molecule has 120 valence electrons. The molecule has 0 spiro atoms. The lowest BCUT2D eigenvalue weighted by molar-refractivity contribution is -0.137. The highest BCUT2D eigenvalue weighted by Gasteiger charge is 2.15. The molecule has 0 unspecified atom stereocenters. The number of alkyl carbamates (subject to hydrolysis) is 1. The first-order chi connectivity index (χ1) is 10.3. The predicted octanol–water partition coefficient (Wildman–Crippen LogP) is 2.68. The zero-order chi connectivity index (χ0) is 16.6. The molecule has 0 saturated heterocycles. The summed E-state index contributed by atoms with van der Waals surface area (Å²) in [6, 6.07) is 3.57. The lowest BCUT2D eigenvalue weighted by atomic mass is 10.2. The van der Waals surface area contributed by atoms with Crippen LogP contribution in [-0.4, -0.2) is 29.3 Å². The van der Waals surface area contributed by atoms with Crippen molar-refractivity contribution in [1.29, 1.82) is 0 Å². The molecule has 0 fully saturated rings. The van der Waals surface area contributed by atoms with Gasteiger partial charge in [-0.1, -0.05) is 6.07 Å². The van der Waals surface area contributed by atoms with Crippen molar-refractivity contribution >= 4 is 18.1 Å². The van der Waals surface area contributed by atoms with E-state index in [0.717, 1.165) is 5.56 Å². The SMILES string of the molecule is CCOC(=O)/C=C/c1ccc(CNC(=O)OC(C)(C)C)nc1. The highest BCUT2D eigenvalue weighted by Crippen LogP contribution is 2.07. The first-order valence-electron chi connectivity index (χ1n) is 7.07. The molecule has 0 aliphatic rings. The Morgan fingerprint density at radius 2 is 2.05 bits per heavy atom. The third-order valence-electron chi connectivity index (χ3n) is 2.36. The van der Waals surface area contributed by atoms with Gasteiger partial charge in [-0.25, -0.2) is 9.59 Å². The number of hydrogen-bond donors (Lipinski definition) is 1. The van der Waals surface area contributed by atoms with E-state index in [-0.39, 0.29) is 6.54 Å². The first kappa shape index (κ1) is 17.7. The van der Waals surface area contributed by atoms with Crippen molar-refractivity contribution in [2.45, 2.75) is 39.8 Å². The predicted molar refractivity (Wildman–Crippen MR) is 83.0 cm³/mol. The van der Waals surface area contributed by atoms with Crippen LogP contribution in [0.1, 0.15) is 39.0 Å². The van der Waals surface area contributed by atoms with Crippen LogP contribution in [0.25, 0.3) is 6.08 Å². The average Bonchev–Trinajstić information content (AvgIpc) is 2.42. The van der Waals surface area contributed by atoms with Gasteiger partial charge in [0.25, 0.3) is 0 Å². The summed E-state index contributed by atoms with van der Waals surface area (Å²) < 4.78 is 9.92. The van der Waals surface area contributed by atoms with Crippen LogP contribution in [0.2, 0.25) is 0 Å². The number of nitrogens with one attached hydrogen (secondary N) is 1. The number of ether oxygens (including phenoxy) is 2. The number of carbonyl (C=O) groups excluding carboxylic acids is 2. The second kappa shape index (κ2) is 8.17. The minimum absolute atomic E-state index is 0.275. The maximum atomic E-state index is 11.5. The number of esters is 1. The molecule has 6 heteroatoms. The van der Waals surface area contributed by atoms with Crippen LogP contribution >= 0.6 is 0 Å². The van der Waals surface area contributed by atoms with Crippen LogP contribution in [-0.2, 0) is 20.8 Å². The highest BCUT2D eigenvalue weighted by atomic mass is 16.6. The Hall–Kier alpha value is -2.37. The van der Waals surface area contributed by atoms with Crippen molar-refractivity contribution < 1.29 is 19.1 Å². The van der Waals surface area contributed by atoms with E-state index in [1.165, 1.54) is 6.08 Å². The van der Waals surface area contributed by atoms with Gasteiger partial charge >= 0.3 is 12.1 Å². The topological polar surface area (TPSA) is 77.5 Å². The zero-order valence-corrected chi connectivity index (χ0v) is 13.4. The maximum Gasteiger partial charge on any atom is 0.407 e. The smallest absolute Gasteiger partial charge is 0.407 e. The van der Waals surface area contributed by atoms with E-state index in [1.807, 2.05) is 0 Å². The first-order valence-corrected chi connectivity index (χ1v) is 7.07. The van der Waals surface area contributed by atoms with E-state index in [4.69, 9.17) is 9.47 Å². The number of carbonyl (C=O) groups is 2. The third-order valence-corrected chi connectivity index (χ3v) is 2.36. The van der Waals surface area contributed by atoms with Gasteiger partial charge in [0, 0.05) is 12.3 Å². The van der Waals surface area contributed by atoms with Crippen molar-refractivity contribution in [3.63, 3.8) is 0 Å². The largest absolute Gasteiger partial charge is 0.463 e. The molecule has 0 radical (unpaired) electrons. The van der Waals surface area contributed by atoms with E-state index < -0.39 is 17.7 Å². The van der Waals surface area contributed by atoms with Gasteiger partial charge in [0.15, 0.2) is 0 Å². The van der Waals surface area contributed by atoms with Gasteiger partial charge < -0.3 is 14.8 Å². The molecule has 22 heavy (non-hydrogen) atoms. The van der Waals surface area contributed by atoms with E-state index >= 15 is 0 Å². The van der Waals surface area contributed by atoms with E-state index in [9.17, 15) is 9.59 Å². The minimum atomic E-state index is -0.529. The fourth-order valence-electron chi connectivity index (χ4n) is 1.47. The summed E-state index contributed by atoms with van der Waals surface area (Å²) in [6.07, 6.45) is 4.09. The molecule has 0 saturated carbocycles. The summed E-state index contributed by atoms with van der Waals surface area (Å²) in [5.74, 6) is -0.391. The quantitative estimate of drug-likeness (QED) is 0.668. The standard InChI is InChI=1S/C16H22N2O4/c1-5-21-14(19)9-7-12-6-8-13(17-10-12)11-18-15(20)22-16(2,3)4/h6-10H,5,11H2,1-4H3,(H,18,20)/b9-7+. The number of rotatable bonds is 5. The molecule has 1 amide bonds. The van der Waals surface area contributed by atoms with Crippen molar-refractivity contribution in [2.24, 2.45) is 0 Å². The molecule has 0 atom stereocenters. The summed E-state index contributed by atoms with van der Waals surface area (Å²) >= 11 is 0. The van der Waals surface area contributed by atoms with Crippen molar-refractivity contribution in [1.82, 2.24) is 10.3 Å². The summed E-state index contributed by atoms with van der Waals surface area (Å²) in [6.45, 7) is 7.77. The van der Waals surface area contributed by atoms with Crippen molar-refractivity contribution in [3.05, 3.63) is 35.7 Å². The second-order valence-corrected chi connectivity index (χ2v) is 5.52. The Bertz CT molecular complexity index is 530. The van der Waals surface area contributed by atoms with Gasteiger partial charge in [-0.05, 0) is 45.4 Å². The number of aromatic nitrogens is 1. The lowest BCUT2D eigenvalue weighted by Crippen LogP contribution is -2.32. The van der Waals surface area contributed by atoms with Crippen LogP contribution < -0.4 is 5.32 Å². The van der Waals surface area contributed by atoms with Gasteiger partial charge in [-0.2, -0.15) is 0 Å². The third kappa shape index (κ3) is 7.42. The maximum absolute atomic E-state index is 11.5. The van der Waals surface area contributed by atoms with Crippen LogP contribution in [0.3, 0.4) is 0 Å². The molecule has 0 bridgehead atoms. The van der Waals surface area contributed by atoms with E-state index in [1.54, 1.807) is 52.1 Å². The molecule has 0 aliphatic carbocycles. The van der Waals surface area contributed by atoms with Crippen LogP contribution in [0.4, 0.5) is 4.79 Å². The molecule has 1 heterocycles. The monoisotopic (exact) mass is 306 g/mol. The molecule has 0 aromatic carbocycles. The lowest BCUT2D eigenvalue weighted by Gasteiger charge is -2.19. The molecule has 1 N–H and O–H groups in total. The number of hydrogen-bond acceptors (Lipinski definition) is 5. The van der Waals surface area contributed by atoms with E-state index in [0.29, 0.717) is 12.3 Å². The molecule has 1 aromatic heterocycles. The van der Waals surface area contributed by atoms with E-state index in [2.05, 4.69) is 10.3 Å². The average molecular weight is 306 g/mol. The van der Waals surface area contributed by atoms with Gasteiger partial charge in [-0.15, -0.1) is 0 Å². The fourth-order valence-corrected chi connectivity index (χ4v) is 1.47. The van der Waals surface area contributed by atoms with Crippen molar-refractivity contribution in [2.75, 3.05) is 6.61 Å². The van der Waals surface area contributed by atoms with Gasteiger partial charge in [0.05, 0.1) is 18.8 Å². The molecule has 1 rings (SSSR count). The Morgan fingerprint density at radius 1 is 1.32 bits per heavy atom. The Morgan fingerprint density at radius 3 is 2.59 bits per heavy atom. The number of nitrogens with zero attached hydrogens (tertiary/aromatic N) is 1. The molecule has 6 nitrogen and oxygen atoms in total. The van der Waals surface area contributed by atoms with Crippen LogP contribution in [0.15, 0.2) is 24.4 Å². The van der Waals surface area contributed by atoms with Crippen LogP contribution in [0.5, 0.6) is 0 Å². The summed E-state index contributed by atoms with van der Waals surface area (Å²) in [4.78, 5) is 26.9. The Labute approximate surface area is 130 Å². The molecule has 0 aliphatic heterocycles. The minimum Gasteiger partial charge on any atom is -0.463 e. The molecule has 1 aromatic rings. The fraction of sp³-hybridized carbons (Fsp3) is 0.438. The van der Waals surface area contributed by atoms with Crippen LogP contribution in [0, 0.1) is 0 Å². The number of pyridine rings is 1. The van der Waals surface area contributed by atoms with Gasteiger partial charge in [-0.3, -0.25) is 4.98 Å². The zero-order valence-electron chi connectivity index (χ0n) is 13.4. The highest BCUT2D eigenvalue weighted by molar-refractivity contribution is 5.86.